The van der Waals surface area contributed by atoms with E-state index < -0.39 is 0 Å². The molecule has 0 aliphatic carbocycles. The van der Waals surface area contributed by atoms with Crippen LogP contribution in [0.5, 0.6) is 0 Å². The molecule has 0 fully saturated rings. The molecule has 0 saturated heterocycles. The van der Waals surface area contributed by atoms with Crippen molar-refractivity contribution >= 4 is 39.5 Å². The normalized spacial score (nSPS) is 10.9. The van der Waals surface area contributed by atoms with Gasteiger partial charge < -0.3 is 0 Å². The van der Waals surface area contributed by atoms with Gasteiger partial charge in [0.2, 0.25) is 0 Å². The van der Waals surface area contributed by atoms with Gasteiger partial charge in [-0.2, -0.15) is 5.10 Å². The topological polar surface area (TPSA) is 33.6 Å². The molecule has 2 rings (SSSR count). The fourth-order valence-electron chi connectivity index (χ4n) is 1.56. The van der Waals surface area contributed by atoms with Crippen LogP contribution in [-0.2, 0) is 13.0 Å². The van der Waals surface area contributed by atoms with Gasteiger partial charge in [-0.1, -0.05) is 6.92 Å². The van der Waals surface area contributed by atoms with Gasteiger partial charge >= 0.3 is 0 Å². The van der Waals surface area contributed by atoms with Crippen LogP contribution in [0.4, 0.5) is 0 Å². The Hall–Kier alpha value is -0.460. The molecule has 3 nitrogen and oxygen atoms in total. The lowest BCUT2D eigenvalue weighted by molar-refractivity contribution is 0.757. The number of aromatic amines is 1. The molecule has 16 heavy (non-hydrogen) atoms. The molecule has 0 radical (unpaired) electrons. The fourth-order valence-corrected chi connectivity index (χ4v) is 3.71. The molecule has 1 N–H and O–H groups in total. The second-order valence-electron chi connectivity index (χ2n) is 3.33. The molecule has 0 amide bonds. The van der Waals surface area contributed by atoms with E-state index in [-0.39, 0.29) is 0 Å². The Labute approximate surface area is 112 Å². The predicted octanol–water partition coefficient (Wildman–Crippen LogP) is 4.01. The Kier molecular flexibility index (Phi) is 3.61. The Morgan fingerprint density at radius 2 is 2.31 bits per heavy atom. The summed E-state index contributed by atoms with van der Waals surface area (Å²) in [5.74, 6) is 0.929. The summed E-state index contributed by atoms with van der Waals surface area (Å²) in [6.45, 7) is 5.05. The number of aromatic nitrogens is 3. The highest BCUT2D eigenvalue weighted by atomic mass is 79.9. The van der Waals surface area contributed by atoms with Crippen LogP contribution in [0.15, 0.2) is 10.5 Å². The third-order valence-electron chi connectivity index (χ3n) is 2.37. The maximum atomic E-state index is 5.18. The van der Waals surface area contributed by atoms with E-state index in [0.29, 0.717) is 4.77 Å². The van der Waals surface area contributed by atoms with Crippen molar-refractivity contribution in [3.05, 3.63) is 20.2 Å². The second kappa shape index (κ2) is 4.81. The summed E-state index contributed by atoms with van der Waals surface area (Å²) in [5, 5.41) is 7.12. The number of H-pyrrole nitrogens is 1. The van der Waals surface area contributed by atoms with Gasteiger partial charge in [0.25, 0.3) is 0 Å². The summed E-state index contributed by atoms with van der Waals surface area (Å²) >= 11 is 10.5. The number of aryl methyl sites for hydroxylation is 1. The summed E-state index contributed by atoms with van der Waals surface area (Å²) in [6.07, 6.45) is 1.03. The summed E-state index contributed by atoms with van der Waals surface area (Å²) in [4.78, 5) is 2.49. The van der Waals surface area contributed by atoms with Crippen molar-refractivity contribution < 1.29 is 0 Å². The van der Waals surface area contributed by atoms with E-state index in [9.17, 15) is 0 Å². The molecule has 0 bridgehead atoms. The van der Waals surface area contributed by atoms with Gasteiger partial charge in [0.15, 0.2) is 10.6 Å². The molecular weight excluding hydrogens is 306 g/mol. The molecule has 0 saturated carbocycles. The molecule has 0 aromatic carbocycles. The lowest BCUT2D eigenvalue weighted by atomic mass is 10.3. The van der Waals surface area contributed by atoms with Gasteiger partial charge in [0.1, 0.15) is 0 Å². The molecule has 86 valence electrons. The molecule has 0 unspecified atom stereocenters. The highest BCUT2D eigenvalue weighted by Gasteiger charge is 2.12. The van der Waals surface area contributed by atoms with Crippen molar-refractivity contribution in [2.24, 2.45) is 0 Å². The van der Waals surface area contributed by atoms with Crippen LogP contribution in [0.25, 0.3) is 10.7 Å². The van der Waals surface area contributed by atoms with Gasteiger partial charge in [-0.15, -0.1) is 11.3 Å². The zero-order chi connectivity index (χ0) is 11.7. The van der Waals surface area contributed by atoms with Gasteiger partial charge in [-0.25, -0.2) is 0 Å². The lowest BCUT2D eigenvalue weighted by Gasteiger charge is -1.99. The van der Waals surface area contributed by atoms with Crippen molar-refractivity contribution in [3.8, 4) is 10.7 Å². The Bertz CT molecular complexity index is 553. The number of hydrogen-bond acceptors (Lipinski definition) is 3. The first-order valence-corrected chi connectivity index (χ1v) is 7.12. The maximum absolute atomic E-state index is 5.18. The number of nitrogens with zero attached hydrogens (tertiary/aromatic N) is 2. The average Bonchev–Trinajstić information content (AvgIpc) is 2.81. The van der Waals surface area contributed by atoms with Gasteiger partial charge in [-0.05, 0) is 47.6 Å². The minimum Gasteiger partial charge on any atom is -0.300 e. The SMILES string of the molecule is CCc1sc(-c2n[nH]c(=S)n2CC)cc1Br. The fraction of sp³-hybridized carbons (Fsp3) is 0.400. The Balaban J connectivity index is 2.54. The third-order valence-corrected chi connectivity index (χ3v) is 4.93. The molecule has 6 heteroatoms. The monoisotopic (exact) mass is 317 g/mol. The summed E-state index contributed by atoms with van der Waals surface area (Å²) < 4.78 is 3.85. The van der Waals surface area contributed by atoms with E-state index in [4.69, 9.17) is 12.2 Å². The van der Waals surface area contributed by atoms with Crippen molar-refractivity contribution in [3.63, 3.8) is 0 Å². The third kappa shape index (κ3) is 2.01. The van der Waals surface area contributed by atoms with Crippen molar-refractivity contribution in [2.45, 2.75) is 26.8 Å². The van der Waals surface area contributed by atoms with E-state index in [2.05, 4.69) is 46.0 Å². The second-order valence-corrected chi connectivity index (χ2v) is 5.71. The molecule has 0 spiro atoms. The molecular formula is C10H12BrN3S2. The molecule has 2 heterocycles. The predicted molar refractivity (Wildman–Crippen MR) is 73.5 cm³/mol. The number of halogens is 1. The number of hydrogen-bond donors (Lipinski definition) is 1. The van der Waals surface area contributed by atoms with E-state index in [1.54, 1.807) is 11.3 Å². The Morgan fingerprint density at radius 3 is 2.88 bits per heavy atom. The zero-order valence-electron chi connectivity index (χ0n) is 9.08. The summed E-state index contributed by atoms with van der Waals surface area (Å²) in [6, 6.07) is 2.11. The molecule has 2 aromatic rings. The number of nitrogens with one attached hydrogen (secondary N) is 1. The van der Waals surface area contributed by atoms with Gasteiger partial charge in [0, 0.05) is 15.9 Å². The standard InChI is InChI=1S/C10H12BrN3S2/c1-3-7-6(11)5-8(16-7)9-12-13-10(15)14(9)4-2/h5H,3-4H2,1-2H3,(H,13,15). The Morgan fingerprint density at radius 1 is 1.56 bits per heavy atom. The average molecular weight is 318 g/mol. The molecule has 0 atom stereocenters. The molecule has 0 aliphatic rings. The number of rotatable bonds is 3. The first-order chi connectivity index (χ1) is 7.67. The zero-order valence-corrected chi connectivity index (χ0v) is 12.3. The highest BCUT2D eigenvalue weighted by Crippen LogP contribution is 2.34. The smallest absolute Gasteiger partial charge is 0.195 e. The highest BCUT2D eigenvalue weighted by molar-refractivity contribution is 9.10. The molecule has 0 aliphatic heterocycles. The molecule has 2 aromatic heterocycles. The van der Waals surface area contributed by atoms with Crippen LogP contribution >= 0.6 is 39.5 Å². The van der Waals surface area contributed by atoms with E-state index in [1.807, 2.05) is 4.57 Å². The largest absolute Gasteiger partial charge is 0.300 e. The van der Waals surface area contributed by atoms with Crippen LogP contribution in [0.1, 0.15) is 18.7 Å². The number of thiophene rings is 1. The van der Waals surface area contributed by atoms with Gasteiger partial charge in [-0.3, -0.25) is 9.67 Å². The quantitative estimate of drug-likeness (QED) is 0.868. The lowest BCUT2D eigenvalue weighted by Crippen LogP contribution is -1.96. The van der Waals surface area contributed by atoms with Crippen LogP contribution in [-0.4, -0.2) is 14.8 Å². The van der Waals surface area contributed by atoms with Crippen molar-refractivity contribution in [1.29, 1.82) is 0 Å². The van der Waals surface area contributed by atoms with Crippen molar-refractivity contribution in [2.75, 3.05) is 0 Å². The first kappa shape index (κ1) is 12.0. The van der Waals surface area contributed by atoms with Crippen LogP contribution in [0, 0.1) is 4.77 Å². The first-order valence-electron chi connectivity index (χ1n) is 5.11. The van der Waals surface area contributed by atoms with Crippen LogP contribution in [0.2, 0.25) is 0 Å². The van der Waals surface area contributed by atoms with E-state index >= 15 is 0 Å². The van der Waals surface area contributed by atoms with Crippen LogP contribution in [0.3, 0.4) is 0 Å². The summed E-state index contributed by atoms with van der Waals surface area (Å²) in [7, 11) is 0. The summed E-state index contributed by atoms with van der Waals surface area (Å²) in [5.41, 5.74) is 0. The minimum absolute atomic E-state index is 0.681. The maximum Gasteiger partial charge on any atom is 0.195 e. The van der Waals surface area contributed by atoms with E-state index in [1.165, 1.54) is 4.88 Å². The van der Waals surface area contributed by atoms with Gasteiger partial charge in [0.05, 0.1) is 4.88 Å². The van der Waals surface area contributed by atoms with Crippen LogP contribution < -0.4 is 0 Å². The minimum atomic E-state index is 0.681. The van der Waals surface area contributed by atoms with E-state index in [0.717, 1.165) is 28.1 Å². The van der Waals surface area contributed by atoms with Crippen molar-refractivity contribution in [1.82, 2.24) is 14.8 Å².